The summed E-state index contributed by atoms with van der Waals surface area (Å²) < 4.78 is 37.9. The van der Waals surface area contributed by atoms with E-state index in [0.717, 1.165) is 29.5 Å². The van der Waals surface area contributed by atoms with Gasteiger partial charge in [-0.15, -0.1) is 0 Å². The van der Waals surface area contributed by atoms with E-state index in [0.29, 0.717) is 0 Å². The molecule has 8 heteroatoms. The summed E-state index contributed by atoms with van der Waals surface area (Å²) >= 11 is 5.67. The number of hydrogen-bond acceptors (Lipinski definition) is 3. The van der Waals surface area contributed by atoms with Gasteiger partial charge < -0.3 is 5.32 Å². The maximum Gasteiger partial charge on any atom is 0.232 e. The van der Waals surface area contributed by atoms with Gasteiger partial charge in [0.25, 0.3) is 0 Å². The third-order valence-electron chi connectivity index (χ3n) is 3.08. The number of carbonyl (C=O) groups is 1. The Bertz CT molecular complexity index is 647. The first-order valence-corrected chi connectivity index (χ1v) is 8.72. The Morgan fingerprint density at radius 2 is 2.14 bits per heavy atom. The van der Waals surface area contributed by atoms with E-state index in [1.54, 1.807) is 0 Å². The number of hydrogen-bond donors (Lipinski definition) is 1. The van der Waals surface area contributed by atoms with Crippen molar-refractivity contribution in [1.82, 2.24) is 5.32 Å². The Morgan fingerprint density at radius 3 is 2.67 bits per heavy atom. The zero-order chi connectivity index (χ0) is 15.6. The van der Waals surface area contributed by atoms with Crippen LogP contribution in [0.15, 0.2) is 18.2 Å². The van der Waals surface area contributed by atoms with E-state index in [1.165, 1.54) is 12.1 Å². The lowest BCUT2D eigenvalue weighted by atomic mass is 10.3. The monoisotopic (exact) mass is 334 g/mol. The molecule has 0 radical (unpaired) electrons. The Hall–Kier alpha value is -1.34. The van der Waals surface area contributed by atoms with Gasteiger partial charge in [0.1, 0.15) is 5.82 Å². The van der Waals surface area contributed by atoms with Gasteiger partial charge in [0.2, 0.25) is 15.9 Å². The quantitative estimate of drug-likeness (QED) is 0.864. The van der Waals surface area contributed by atoms with Gasteiger partial charge in [-0.25, -0.2) is 12.8 Å². The normalized spacial score (nSPS) is 14.8. The van der Waals surface area contributed by atoms with E-state index in [1.807, 2.05) is 0 Å². The predicted molar refractivity (Wildman–Crippen MR) is 79.4 cm³/mol. The topological polar surface area (TPSA) is 66.5 Å². The van der Waals surface area contributed by atoms with Crippen LogP contribution in [0.4, 0.5) is 10.1 Å². The highest BCUT2D eigenvalue weighted by Crippen LogP contribution is 2.25. The van der Waals surface area contributed by atoms with E-state index in [4.69, 9.17) is 11.6 Å². The van der Waals surface area contributed by atoms with Crippen molar-refractivity contribution in [1.29, 1.82) is 0 Å². The maximum atomic E-state index is 13.2. The number of nitrogens with one attached hydrogen (secondary N) is 1. The van der Waals surface area contributed by atoms with Gasteiger partial charge >= 0.3 is 0 Å². The zero-order valence-electron chi connectivity index (χ0n) is 11.5. The third-order valence-corrected chi connectivity index (χ3v) is 4.56. The molecule has 116 valence electrons. The van der Waals surface area contributed by atoms with E-state index >= 15 is 0 Å². The summed E-state index contributed by atoms with van der Waals surface area (Å²) in [4.78, 5) is 11.7. The molecule has 1 aliphatic rings. The smallest absolute Gasteiger partial charge is 0.232 e. The number of nitrogens with zero attached hydrogens (tertiary/aromatic N) is 1. The second kappa shape index (κ2) is 6.19. The summed E-state index contributed by atoms with van der Waals surface area (Å²) in [5.74, 6) is -0.820. The minimum absolute atomic E-state index is 0.0145. The molecule has 0 atom stereocenters. The highest BCUT2D eigenvalue weighted by atomic mass is 35.5. The van der Waals surface area contributed by atoms with Crippen LogP contribution in [0.3, 0.4) is 0 Å². The van der Waals surface area contributed by atoms with Gasteiger partial charge in [-0.3, -0.25) is 9.10 Å². The van der Waals surface area contributed by atoms with Gasteiger partial charge in [0, 0.05) is 19.0 Å². The summed E-state index contributed by atoms with van der Waals surface area (Å²) in [7, 11) is -3.58. The van der Waals surface area contributed by atoms with E-state index in [9.17, 15) is 17.6 Å². The standard InChI is InChI=1S/C13H16ClFN2O3S/c1-21(19,20)17(7-6-13(18)16-9-2-3-9)10-4-5-12(15)11(14)8-10/h4-5,8-9H,2-3,6-7H2,1H3,(H,16,18). The van der Waals surface area contributed by atoms with Crippen molar-refractivity contribution < 1.29 is 17.6 Å². The minimum Gasteiger partial charge on any atom is -0.353 e. The molecule has 5 nitrogen and oxygen atoms in total. The van der Waals surface area contributed by atoms with Gasteiger partial charge in [0.15, 0.2) is 0 Å². The van der Waals surface area contributed by atoms with Crippen molar-refractivity contribution in [2.45, 2.75) is 25.3 Å². The van der Waals surface area contributed by atoms with E-state index in [2.05, 4.69) is 5.32 Å². The van der Waals surface area contributed by atoms with Gasteiger partial charge in [-0.1, -0.05) is 11.6 Å². The number of rotatable bonds is 6. The fourth-order valence-corrected chi connectivity index (χ4v) is 2.95. The molecule has 0 heterocycles. The van der Waals surface area contributed by atoms with Crippen LogP contribution in [0.1, 0.15) is 19.3 Å². The molecule has 1 amide bonds. The Balaban J connectivity index is 2.10. The molecule has 21 heavy (non-hydrogen) atoms. The SMILES string of the molecule is CS(=O)(=O)N(CCC(=O)NC1CC1)c1ccc(F)c(Cl)c1. The molecule has 0 saturated heterocycles. The Kier molecular flexibility index (Phi) is 4.73. The summed E-state index contributed by atoms with van der Waals surface area (Å²) in [6.45, 7) is -0.0145. The number of halogens is 2. The second-order valence-corrected chi connectivity index (χ2v) is 7.34. The number of amides is 1. The van der Waals surface area contributed by atoms with Gasteiger partial charge in [-0.05, 0) is 31.0 Å². The molecule has 1 fully saturated rings. The summed E-state index contributed by atoms with van der Waals surface area (Å²) in [5.41, 5.74) is 0.239. The molecule has 0 aliphatic heterocycles. The van der Waals surface area contributed by atoms with Crippen molar-refractivity contribution in [3.63, 3.8) is 0 Å². The molecule has 1 saturated carbocycles. The number of carbonyl (C=O) groups excluding carboxylic acids is 1. The molecular weight excluding hydrogens is 319 g/mol. The molecule has 0 aromatic heterocycles. The van der Waals surface area contributed by atoms with Crippen LogP contribution < -0.4 is 9.62 Å². The largest absolute Gasteiger partial charge is 0.353 e. The summed E-state index contributed by atoms with van der Waals surface area (Å²) in [6, 6.07) is 3.88. The molecule has 1 aromatic carbocycles. The summed E-state index contributed by atoms with van der Waals surface area (Å²) in [5, 5.41) is 2.62. The first-order chi connectivity index (χ1) is 9.77. The van der Waals surface area contributed by atoms with Crippen molar-refractivity contribution >= 4 is 33.2 Å². The number of anilines is 1. The molecule has 1 aliphatic carbocycles. The predicted octanol–water partition coefficient (Wildman–Crippen LogP) is 1.91. The first kappa shape index (κ1) is 16.0. The average molecular weight is 335 g/mol. The van der Waals surface area contributed by atoms with Crippen LogP contribution in [0.25, 0.3) is 0 Å². The highest BCUT2D eigenvalue weighted by Gasteiger charge is 2.24. The van der Waals surface area contributed by atoms with Crippen LogP contribution in [-0.2, 0) is 14.8 Å². The molecule has 1 N–H and O–H groups in total. The summed E-state index contributed by atoms with van der Waals surface area (Å²) in [6.07, 6.45) is 3.01. The lowest BCUT2D eigenvalue weighted by Gasteiger charge is -2.22. The number of sulfonamides is 1. The molecule has 1 aromatic rings. The average Bonchev–Trinajstić information content (AvgIpc) is 3.16. The van der Waals surface area contributed by atoms with Crippen LogP contribution in [-0.4, -0.2) is 33.2 Å². The zero-order valence-corrected chi connectivity index (χ0v) is 13.0. The number of benzene rings is 1. The van der Waals surface area contributed by atoms with Crippen LogP contribution in [0, 0.1) is 5.82 Å². The minimum atomic E-state index is -3.58. The first-order valence-electron chi connectivity index (χ1n) is 6.49. The Labute approximate surface area is 128 Å². The maximum absolute atomic E-state index is 13.2. The van der Waals surface area contributed by atoms with Crippen LogP contribution in [0.2, 0.25) is 5.02 Å². The molecule has 0 unspecified atom stereocenters. The molecule has 0 spiro atoms. The molecule has 2 rings (SSSR count). The molecule has 0 bridgehead atoms. The molecular formula is C13H16ClFN2O3S. The van der Waals surface area contributed by atoms with Crippen molar-refractivity contribution in [3.8, 4) is 0 Å². The fourth-order valence-electron chi connectivity index (χ4n) is 1.86. The van der Waals surface area contributed by atoms with Crippen LogP contribution in [0.5, 0.6) is 0 Å². The van der Waals surface area contributed by atoms with E-state index < -0.39 is 15.8 Å². The fraction of sp³-hybridized carbons (Fsp3) is 0.462. The lowest BCUT2D eigenvalue weighted by Crippen LogP contribution is -2.35. The van der Waals surface area contributed by atoms with Crippen LogP contribution >= 0.6 is 11.6 Å². The second-order valence-electron chi connectivity index (χ2n) is 5.03. The van der Waals surface area contributed by atoms with Crippen molar-refractivity contribution in [3.05, 3.63) is 29.0 Å². The van der Waals surface area contributed by atoms with Crippen molar-refractivity contribution in [2.24, 2.45) is 0 Å². The van der Waals surface area contributed by atoms with E-state index in [-0.39, 0.29) is 35.6 Å². The lowest BCUT2D eigenvalue weighted by molar-refractivity contribution is -0.121. The third kappa shape index (κ3) is 4.57. The highest BCUT2D eigenvalue weighted by molar-refractivity contribution is 7.92. The van der Waals surface area contributed by atoms with Crippen molar-refractivity contribution in [2.75, 3.05) is 17.1 Å². The Morgan fingerprint density at radius 1 is 1.48 bits per heavy atom. The van der Waals surface area contributed by atoms with Gasteiger partial charge in [0.05, 0.1) is 17.0 Å². The van der Waals surface area contributed by atoms with Gasteiger partial charge in [-0.2, -0.15) is 0 Å².